The van der Waals surface area contributed by atoms with Crippen molar-refractivity contribution in [3.05, 3.63) is 47.6 Å². The summed E-state index contributed by atoms with van der Waals surface area (Å²) in [6, 6.07) is 10.2. The van der Waals surface area contributed by atoms with Gasteiger partial charge in [-0.05, 0) is 18.4 Å². The topological polar surface area (TPSA) is 85.2 Å². The summed E-state index contributed by atoms with van der Waals surface area (Å²) >= 11 is 0. The number of rotatable bonds is 4. The van der Waals surface area contributed by atoms with Gasteiger partial charge in [-0.1, -0.05) is 49.3 Å². The molecule has 2 N–H and O–H groups in total. The van der Waals surface area contributed by atoms with Crippen LogP contribution in [0.5, 0.6) is 0 Å². The summed E-state index contributed by atoms with van der Waals surface area (Å²) in [5.74, 6) is 1.08. The molecular formula is C18H24N4O2. The molecule has 0 bridgehead atoms. The van der Waals surface area contributed by atoms with Crippen LogP contribution in [0.3, 0.4) is 0 Å². The zero-order valence-electron chi connectivity index (χ0n) is 14.5. The Labute approximate surface area is 142 Å². The molecule has 1 unspecified atom stereocenters. The van der Waals surface area contributed by atoms with E-state index >= 15 is 0 Å². The Hall–Kier alpha value is -2.21. The molecule has 1 aromatic carbocycles. The highest BCUT2D eigenvalue weighted by Gasteiger charge is 2.42. The predicted octanol–water partition coefficient (Wildman–Crippen LogP) is 2.00. The Morgan fingerprint density at radius 3 is 2.71 bits per heavy atom. The summed E-state index contributed by atoms with van der Waals surface area (Å²) in [6.45, 7) is 6.77. The van der Waals surface area contributed by atoms with Gasteiger partial charge in [0.1, 0.15) is 5.54 Å². The van der Waals surface area contributed by atoms with Crippen LogP contribution in [0.15, 0.2) is 34.9 Å². The van der Waals surface area contributed by atoms with E-state index in [0.717, 1.165) is 6.42 Å². The predicted molar refractivity (Wildman–Crippen MR) is 90.2 cm³/mol. The van der Waals surface area contributed by atoms with Crippen molar-refractivity contribution in [2.24, 2.45) is 5.73 Å². The van der Waals surface area contributed by atoms with E-state index in [-0.39, 0.29) is 11.3 Å². The van der Waals surface area contributed by atoms with Crippen molar-refractivity contribution in [3.8, 4) is 0 Å². The van der Waals surface area contributed by atoms with E-state index in [1.165, 1.54) is 5.56 Å². The van der Waals surface area contributed by atoms with E-state index in [1.54, 1.807) is 11.8 Å². The number of hydrogen-bond donors (Lipinski definition) is 1. The van der Waals surface area contributed by atoms with E-state index < -0.39 is 5.54 Å². The van der Waals surface area contributed by atoms with Crippen LogP contribution in [0, 0.1) is 0 Å². The maximum Gasteiger partial charge on any atom is 0.248 e. The zero-order valence-corrected chi connectivity index (χ0v) is 14.5. The van der Waals surface area contributed by atoms with Crippen molar-refractivity contribution in [2.45, 2.75) is 44.6 Å². The van der Waals surface area contributed by atoms with Crippen LogP contribution in [-0.4, -0.2) is 34.0 Å². The molecule has 1 aromatic heterocycles. The number of nitrogens with zero attached hydrogens (tertiary/aromatic N) is 3. The van der Waals surface area contributed by atoms with Crippen molar-refractivity contribution in [2.75, 3.05) is 13.1 Å². The first-order valence-electron chi connectivity index (χ1n) is 8.23. The van der Waals surface area contributed by atoms with Crippen LogP contribution in [0.4, 0.5) is 0 Å². The van der Waals surface area contributed by atoms with E-state index in [2.05, 4.69) is 36.1 Å². The lowest BCUT2D eigenvalue weighted by atomic mass is 9.85. The second kappa shape index (κ2) is 6.02. The molecule has 6 heteroatoms. The van der Waals surface area contributed by atoms with Gasteiger partial charge in [0.15, 0.2) is 5.82 Å². The number of carbonyl (C=O) groups is 1. The summed E-state index contributed by atoms with van der Waals surface area (Å²) in [5.41, 5.74) is 6.63. The molecule has 3 rings (SSSR count). The summed E-state index contributed by atoms with van der Waals surface area (Å²) in [5, 5.41) is 4.17. The molecule has 6 nitrogen and oxygen atoms in total. The van der Waals surface area contributed by atoms with Gasteiger partial charge in [0.05, 0.1) is 0 Å². The van der Waals surface area contributed by atoms with E-state index in [1.807, 2.05) is 18.2 Å². The Kier molecular flexibility index (Phi) is 4.17. The quantitative estimate of drug-likeness (QED) is 0.928. The Morgan fingerprint density at radius 2 is 2.08 bits per heavy atom. The maximum atomic E-state index is 11.5. The molecule has 1 fully saturated rings. The zero-order chi connectivity index (χ0) is 17.4. The highest BCUT2D eigenvalue weighted by atomic mass is 16.5. The molecule has 1 aliphatic rings. The monoisotopic (exact) mass is 328 g/mol. The summed E-state index contributed by atoms with van der Waals surface area (Å²) < 4.78 is 5.48. The van der Waals surface area contributed by atoms with Crippen molar-refractivity contribution in [3.63, 3.8) is 0 Å². The molecular weight excluding hydrogens is 304 g/mol. The highest BCUT2D eigenvalue weighted by Crippen LogP contribution is 2.31. The number of likely N-dealkylation sites (tertiary alicyclic amines) is 1. The standard InChI is InChI=1S/C18H24N4O2/c1-13(23)22-10-9-18(19,12-22)16-20-15(21-24-16)17(2,3)11-14-7-5-4-6-8-14/h4-8H,9-12,19H2,1-3H3. The van der Waals surface area contributed by atoms with Crippen LogP contribution in [-0.2, 0) is 22.2 Å². The third-order valence-electron chi connectivity index (χ3n) is 4.69. The van der Waals surface area contributed by atoms with Crippen LogP contribution in [0.25, 0.3) is 0 Å². The van der Waals surface area contributed by atoms with Gasteiger partial charge in [0.2, 0.25) is 11.8 Å². The lowest BCUT2D eigenvalue weighted by Gasteiger charge is -2.21. The molecule has 2 aromatic rings. The van der Waals surface area contributed by atoms with Crippen molar-refractivity contribution >= 4 is 5.91 Å². The van der Waals surface area contributed by atoms with Crippen LogP contribution < -0.4 is 5.73 Å². The maximum absolute atomic E-state index is 11.5. The molecule has 1 saturated heterocycles. The van der Waals surface area contributed by atoms with Crippen LogP contribution >= 0.6 is 0 Å². The second-order valence-electron chi connectivity index (χ2n) is 7.32. The number of aromatic nitrogens is 2. The van der Waals surface area contributed by atoms with Crippen molar-refractivity contribution in [1.29, 1.82) is 0 Å². The first-order chi connectivity index (χ1) is 11.3. The number of benzene rings is 1. The normalized spacial score (nSPS) is 21.2. The fraction of sp³-hybridized carbons (Fsp3) is 0.500. The first kappa shape index (κ1) is 16.6. The van der Waals surface area contributed by atoms with E-state index in [0.29, 0.717) is 31.2 Å². The fourth-order valence-corrected chi connectivity index (χ4v) is 3.16. The van der Waals surface area contributed by atoms with Crippen LogP contribution in [0.1, 0.15) is 44.5 Å². The number of carbonyl (C=O) groups excluding carboxylic acids is 1. The smallest absolute Gasteiger partial charge is 0.248 e. The van der Waals surface area contributed by atoms with Crippen molar-refractivity contribution in [1.82, 2.24) is 15.0 Å². The second-order valence-corrected chi connectivity index (χ2v) is 7.32. The molecule has 0 radical (unpaired) electrons. The van der Waals surface area contributed by atoms with Gasteiger partial charge in [0, 0.05) is 25.4 Å². The average Bonchev–Trinajstić information content (AvgIpc) is 3.16. The van der Waals surface area contributed by atoms with Crippen LogP contribution in [0.2, 0.25) is 0 Å². The number of hydrogen-bond acceptors (Lipinski definition) is 5. The van der Waals surface area contributed by atoms with Gasteiger partial charge >= 0.3 is 0 Å². The molecule has 1 atom stereocenters. The molecule has 128 valence electrons. The fourth-order valence-electron chi connectivity index (χ4n) is 3.16. The van der Waals surface area contributed by atoms with Gasteiger partial charge < -0.3 is 15.2 Å². The minimum Gasteiger partial charge on any atom is -0.340 e. The molecule has 2 heterocycles. The van der Waals surface area contributed by atoms with Gasteiger partial charge in [-0.2, -0.15) is 4.98 Å². The number of nitrogens with two attached hydrogens (primary N) is 1. The largest absolute Gasteiger partial charge is 0.340 e. The molecule has 1 aliphatic heterocycles. The van der Waals surface area contributed by atoms with E-state index in [9.17, 15) is 4.79 Å². The minimum atomic E-state index is -0.750. The first-order valence-corrected chi connectivity index (χ1v) is 8.23. The third-order valence-corrected chi connectivity index (χ3v) is 4.69. The molecule has 1 amide bonds. The SMILES string of the molecule is CC(=O)N1CCC(N)(c2nc(C(C)(C)Cc3ccccc3)no2)C1. The Bertz CT molecular complexity index is 726. The molecule has 0 spiro atoms. The summed E-state index contributed by atoms with van der Waals surface area (Å²) in [6.07, 6.45) is 1.44. The lowest BCUT2D eigenvalue weighted by Crippen LogP contribution is -2.41. The highest BCUT2D eigenvalue weighted by molar-refractivity contribution is 5.73. The molecule has 24 heavy (non-hydrogen) atoms. The Balaban J connectivity index is 1.79. The minimum absolute atomic E-state index is 0.0199. The summed E-state index contributed by atoms with van der Waals surface area (Å²) in [4.78, 5) is 17.8. The van der Waals surface area contributed by atoms with Crippen molar-refractivity contribution < 1.29 is 9.32 Å². The third kappa shape index (κ3) is 3.19. The average molecular weight is 328 g/mol. The van der Waals surface area contributed by atoms with Gasteiger partial charge in [-0.25, -0.2) is 0 Å². The van der Waals surface area contributed by atoms with E-state index in [4.69, 9.17) is 10.3 Å². The van der Waals surface area contributed by atoms with Gasteiger partial charge in [-0.3, -0.25) is 4.79 Å². The van der Waals surface area contributed by atoms with Gasteiger partial charge in [0.25, 0.3) is 0 Å². The molecule has 0 saturated carbocycles. The number of amides is 1. The summed E-state index contributed by atoms with van der Waals surface area (Å²) in [7, 11) is 0. The lowest BCUT2D eigenvalue weighted by molar-refractivity contribution is -0.128. The molecule has 0 aliphatic carbocycles. The van der Waals surface area contributed by atoms with Gasteiger partial charge in [-0.15, -0.1) is 0 Å². The Morgan fingerprint density at radius 1 is 1.38 bits per heavy atom.